The van der Waals surface area contributed by atoms with Crippen molar-refractivity contribution in [3.8, 4) is 22.8 Å². The van der Waals surface area contributed by atoms with E-state index in [0.717, 1.165) is 47.2 Å². The van der Waals surface area contributed by atoms with Crippen LogP contribution in [0.4, 0.5) is 5.69 Å². The topological polar surface area (TPSA) is 55.5 Å². The van der Waals surface area contributed by atoms with Crippen LogP contribution in [0, 0.1) is 6.92 Å². The van der Waals surface area contributed by atoms with E-state index in [0.29, 0.717) is 25.4 Å². The van der Waals surface area contributed by atoms with Crippen LogP contribution in [0.15, 0.2) is 72.9 Å². The van der Waals surface area contributed by atoms with Gasteiger partial charge in [0.05, 0.1) is 23.7 Å². The van der Waals surface area contributed by atoms with Gasteiger partial charge in [0.25, 0.3) is 5.91 Å². The van der Waals surface area contributed by atoms with Gasteiger partial charge in [-0.25, -0.2) is 4.68 Å². The second-order valence-corrected chi connectivity index (χ2v) is 8.85. The van der Waals surface area contributed by atoms with Gasteiger partial charge in [0, 0.05) is 39.4 Å². The van der Waals surface area contributed by atoms with Crippen LogP contribution >= 0.6 is 0 Å². The van der Waals surface area contributed by atoms with Gasteiger partial charge in [-0.3, -0.25) is 4.79 Å². The van der Waals surface area contributed by atoms with Crippen molar-refractivity contribution < 1.29 is 9.53 Å². The number of carbonyl (C=O) groups excluding carboxylic acids is 1. The van der Waals surface area contributed by atoms with Crippen molar-refractivity contribution in [1.82, 2.24) is 19.2 Å². The summed E-state index contributed by atoms with van der Waals surface area (Å²) in [6, 6.07) is 22.1. The smallest absolute Gasteiger partial charge is 0.272 e. The molecule has 7 heteroatoms. The molecule has 1 aliphatic heterocycles. The number of aryl methyl sites for hydroxylation is 2. The first-order chi connectivity index (χ1) is 17.0. The maximum Gasteiger partial charge on any atom is 0.272 e. The van der Waals surface area contributed by atoms with Gasteiger partial charge in [-0.15, -0.1) is 0 Å². The van der Waals surface area contributed by atoms with E-state index < -0.39 is 0 Å². The van der Waals surface area contributed by atoms with Crippen molar-refractivity contribution in [2.45, 2.75) is 13.8 Å². The summed E-state index contributed by atoms with van der Waals surface area (Å²) in [5.41, 5.74) is 5.43. The molecule has 2 aromatic heterocycles. The second kappa shape index (κ2) is 9.70. The first-order valence-corrected chi connectivity index (χ1v) is 12.1. The van der Waals surface area contributed by atoms with E-state index in [-0.39, 0.29) is 5.91 Å². The van der Waals surface area contributed by atoms with Gasteiger partial charge >= 0.3 is 0 Å². The summed E-state index contributed by atoms with van der Waals surface area (Å²) in [7, 11) is 1.99. The molecule has 0 spiro atoms. The Bertz CT molecular complexity index is 1330. The number of anilines is 1. The number of hydrogen-bond acceptors (Lipinski definition) is 4. The zero-order chi connectivity index (χ0) is 24.4. The van der Waals surface area contributed by atoms with E-state index in [4.69, 9.17) is 9.84 Å². The van der Waals surface area contributed by atoms with Crippen LogP contribution in [-0.2, 0) is 7.05 Å². The van der Waals surface area contributed by atoms with Crippen molar-refractivity contribution in [3.05, 3.63) is 84.2 Å². The van der Waals surface area contributed by atoms with Crippen molar-refractivity contribution in [2.75, 3.05) is 37.7 Å². The van der Waals surface area contributed by atoms with Gasteiger partial charge in [-0.2, -0.15) is 5.10 Å². The molecular formula is C28H31N5O2. The Hall–Kier alpha value is -4.00. The maximum absolute atomic E-state index is 13.8. The van der Waals surface area contributed by atoms with Gasteiger partial charge in [-0.05, 0) is 61.9 Å². The van der Waals surface area contributed by atoms with Crippen molar-refractivity contribution in [1.29, 1.82) is 0 Å². The Kier molecular flexibility index (Phi) is 6.31. The van der Waals surface area contributed by atoms with Gasteiger partial charge in [0.15, 0.2) is 0 Å². The average molecular weight is 470 g/mol. The van der Waals surface area contributed by atoms with E-state index in [9.17, 15) is 4.79 Å². The van der Waals surface area contributed by atoms with E-state index in [2.05, 4.69) is 17.0 Å². The SMILES string of the molecule is CCOc1ccccc1N1CCN(C(=O)c2cc(-c3cccn3C)nn2-c2cccc(C)c2)CC1. The van der Waals surface area contributed by atoms with Crippen LogP contribution in [0.25, 0.3) is 17.1 Å². The molecule has 1 saturated heterocycles. The van der Waals surface area contributed by atoms with Gasteiger partial charge < -0.3 is 19.1 Å². The molecule has 0 bridgehead atoms. The third-order valence-electron chi connectivity index (χ3n) is 6.45. The number of nitrogens with zero attached hydrogens (tertiary/aromatic N) is 5. The van der Waals surface area contributed by atoms with Crippen molar-refractivity contribution in [3.63, 3.8) is 0 Å². The molecule has 0 unspecified atom stereocenters. The molecule has 2 aromatic carbocycles. The third-order valence-corrected chi connectivity index (χ3v) is 6.45. The lowest BCUT2D eigenvalue weighted by Crippen LogP contribution is -2.49. The minimum atomic E-state index is -0.00258. The van der Waals surface area contributed by atoms with Crippen LogP contribution in [-0.4, -0.2) is 57.9 Å². The van der Waals surface area contributed by atoms with E-state index in [1.165, 1.54) is 0 Å². The highest BCUT2D eigenvalue weighted by atomic mass is 16.5. The molecular weight excluding hydrogens is 438 g/mol. The molecule has 0 N–H and O–H groups in total. The molecule has 0 atom stereocenters. The Morgan fingerprint density at radius 1 is 0.971 bits per heavy atom. The molecule has 7 nitrogen and oxygen atoms in total. The second-order valence-electron chi connectivity index (χ2n) is 8.85. The maximum atomic E-state index is 13.8. The average Bonchev–Trinajstić information content (AvgIpc) is 3.51. The highest BCUT2D eigenvalue weighted by Crippen LogP contribution is 2.29. The molecule has 4 aromatic rings. The summed E-state index contributed by atoms with van der Waals surface area (Å²) < 4.78 is 9.63. The minimum absolute atomic E-state index is 0.00258. The fourth-order valence-electron chi connectivity index (χ4n) is 4.65. The van der Waals surface area contributed by atoms with Crippen LogP contribution in [0.1, 0.15) is 23.0 Å². The first kappa shape index (κ1) is 22.8. The number of hydrogen-bond donors (Lipinski definition) is 0. The highest BCUT2D eigenvalue weighted by Gasteiger charge is 2.27. The predicted octanol–water partition coefficient (Wildman–Crippen LogP) is 4.55. The molecule has 0 saturated carbocycles. The van der Waals surface area contributed by atoms with E-state index in [1.807, 2.05) is 91.2 Å². The molecule has 180 valence electrons. The summed E-state index contributed by atoms with van der Waals surface area (Å²) in [6.45, 7) is 7.44. The summed E-state index contributed by atoms with van der Waals surface area (Å²) in [6.07, 6.45) is 1.99. The summed E-state index contributed by atoms with van der Waals surface area (Å²) in [5.74, 6) is 0.886. The Morgan fingerprint density at radius 3 is 2.49 bits per heavy atom. The Morgan fingerprint density at radius 2 is 1.77 bits per heavy atom. The molecule has 1 amide bonds. The fourth-order valence-corrected chi connectivity index (χ4v) is 4.65. The van der Waals surface area contributed by atoms with Crippen LogP contribution in [0.3, 0.4) is 0 Å². The number of piperazine rings is 1. The molecule has 35 heavy (non-hydrogen) atoms. The molecule has 5 rings (SSSR count). The monoisotopic (exact) mass is 469 g/mol. The van der Waals surface area contributed by atoms with Crippen molar-refractivity contribution >= 4 is 11.6 Å². The number of benzene rings is 2. The number of para-hydroxylation sites is 2. The van der Waals surface area contributed by atoms with Crippen LogP contribution < -0.4 is 9.64 Å². The van der Waals surface area contributed by atoms with Crippen LogP contribution in [0.5, 0.6) is 5.75 Å². The normalized spacial score (nSPS) is 13.8. The summed E-state index contributed by atoms with van der Waals surface area (Å²) in [5, 5.41) is 4.86. The fraction of sp³-hybridized carbons (Fsp3) is 0.286. The standard InChI is InChI=1S/C28H31N5O2/c1-4-35-27-13-6-5-11-25(27)31-15-17-32(18-16-31)28(34)26-20-23(24-12-8-14-30(24)3)29-33(26)22-10-7-9-21(2)19-22/h5-14,19-20H,4,15-18H2,1-3H3. The van der Waals surface area contributed by atoms with Crippen molar-refractivity contribution in [2.24, 2.45) is 7.05 Å². The lowest BCUT2D eigenvalue weighted by atomic mass is 10.2. The predicted molar refractivity (Wildman–Crippen MR) is 138 cm³/mol. The largest absolute Gasteiger partial charge is 0.492 e. The first-order valence-electron chi connectivity index (χ1n) is 12.1. The molecule has 0 radical (unpaired) electrons. The number of ether oxygens (including phenoxy) is 1. The third kappa shape index (κ3) is 4.54. The summed E-state index contributed by atoms with van der Waals surface area (Å²) >= 11 is 0. The molecule has 1 aliphatic rings. The zero-order valence-corrected chi connectivity index (χ0v) is 20.5. The van der Waals surface area contributed by atoms with Crippen LogP contribution in [0.2, 0.25) is 0 Å². The number of rotatable bonds is 6. The lowest BCUT2D eigenvalue weighted by Gasteiger charge is -2.36. The molecule has 1 fully saturated rings. The van der Waals surface area contributed by atoms with E-state index >= 15 is 0 Å². The zero-order valence-electron chi connectivity index (χ0n) is 20.5. The van der Waals surface area contributed by atoms with Gasteiger partial charge in [-0.1, -0.05) is 24.3 Å². The number of aromatic nitrogens is 3. The Balaban J connectivity index is 1.42. The lowest BCUT2D eigenvalue weighted by molar-refractivity contribution is 0.0737. The highest BCUT2D eigenvalue weighted by molar-refractivity contribution is 5.94. The molecule has 0 aliphatic carbocycles. The minimum Gasteiger partial charge on any atom is -0.492 e. The Labute approximate surface area is 206 Å². The quantitative estimate of drug-likeness (QED) is 0.416. The van der Waals surface area contributed by atoms with E-state index in [1.54, 1.807) is 4.68 Å². The van der Waals surface area contributed by atoms with Gasteiger partial charge in [0.1, 0.15) is 17.1 Å². The molecule has 3 heterocycles. The van der Waals surface area contributed by atoms with Gasteiger partial charge in [0.2, 0.25) is 0 Å². The number of amides is 1. The summed E-state index contributed by atoms with van der Waals surface area (Å²) in [4.78, 5) is 18.0. The number of carbonyl (C=O) groups is 1.